The minimum atomic E-state index is -0.289. The summed E-state index contributed by atoms with van der Waals surface area (Å²) >= 11 is 0. The molecule has 0 bridgehead atoms. The average Bonchev–Trinajstić information content (AvgIpc) is 3.05. The van der Waals surface area contributed by atoms with Gasteiger partial charge in [0.1, 0.15) is 23.4 Å². The molecule has 152 valence electrons. The van der Waals surface area contributed by atoms with Crippen molar-refractivity contribution in [2.45, 2.75) is 39.2 Å². The van der Waals surface area contributed by atoms with Crippen LogP contribution in [0.2, 0.25) is 0 Å². The molecule has 0 spiro atoms. The number of hydrogen-bond donors (Lipinski definition) is 2. The second kappa shape index (κ2) is 8.03. The molecule has 2 heterocycles. The van der Waals surface area contributed by atoms with Gasteiger partial charge in [-0.1, -0.05) is 0 Å². The zero-order valence-electron chi connectivity index (χ0n) is 16.5. The molecule has 7 nitrogen and oxygen atoms in total. The molecule has 2 aromatic carbocycles. The molecule has 0 aliphatic carbocycles. The van der Waals surface area contributed by atoms with Gasteiger partial charge in [0.2, 0.25) is 5.91 Å². The number of anilines is 2. The van der Waals surface area contributed by atoms with Gasteiger partial charge in [0.25, 0.3) is 5.91 Å². The van der Waals surface area contributed by atoms with Crippen LogP contribution in [0.15, 0.2) is 30.3 Å². The lowest BCUT2D eigenvalue weighted by Crippen LogP contribution is -2.21. The predicted octanol–water partition coefficient (Wildman–Crippen LogP) is 3.31. The van der Waals surface area contributed by atoms with Gasteiger partial charge in [0.15, 0.2) is 6.61 Å². The molecule has 2 aromatic rings. The quantitative estimate of drug-likeness (QED) is 0.782. The summed E-state index contributed by atoms with van der Waals surface area (Å²) in [7, 11) is 0. The third-order valence-corrected chi connectivity index (χ3v) is 4.91. The first kappa shape index (κ1) is 19.1. The number of rotatable bonds is 6. The first-order valence-corrected chi connectivity index (χ1v) is 9.83. The molecule has 4 rings (SSSR count). The molecule has 29 heavy (non-hydrogen) atoms. The molecule has 0 radical (unpaired) electrons. The Bertz CT molecular complexity index is 956. The molecule has 0 fully saturated rings. The number of ether oxygens (including phenoxy) is 3. The number of nitrogens with one attached hydrogen (secondary N) is 2. The van der Waals surface area contributed by atoms with E-state index >= 15 is 0 Å². The smallest absolute Gasteiger partial charge is 0.262 e. The van der Waals surface area contributed by atoms with E-state index in [1.165, 1.54) is 0 Å². The summed E-state index contributed by atoms with van der Waals surface area (Å²) in [5, 5.41) is 5.68. The Kier molecular flexibility index (Phi) is 5.29. The SMILES string of the molecule is CCOc1cc2c(cc1NC(=O)COc1ccc3c(c1)CCC(=O)N3)OC(C)C2. The summed E-state index contributed by atoms with van der Waals surface area (Å²) in [6, 6.07) is 9.14. The highest BCUT2D eigenvalue weighted by molar-refractivity contribution is 5.94. The van der Waals surface area contributed by atoms with Crippen molar-refractivity contribution in [1.82, 2.24) is 0 Å². The van der Waals surface area contributed by atoms with Crippen LogP contribution >= 0.6 is 0 Å². The maximum Gasteiger partial charge on any atom is 0.262 e. The van der Waals surface area contributed by atoms with E-state index in [0.717, 1.165) is 29.0 Å². The van der Waals surface area contributed by atoms with Crippen molar-refractivity contribution < 1.29 is 23.8 Å². The normalized spacial score (nSPS) is 16.9. The van der Waals surface area contributed by atoms with Crippen molar-refractivity contribution >= 4 is 23.2 Å². The molecule has 7 heteroatoms. The van der Waals surface area contributed by atoms with Crippen molar-refractivity contribution in [3.63, 3.8) is 0 Å². The molecule has 2 N–H and O–H groups in total. The van der Waals surface area contributed by atoms with E-state index in [1.807, 2.05) is 32.0 Å². The summed E-state index contributed by atoms with van der Waals surface area (Å²) in [4.78, 5) is 23.9. The van der Waals surface area contributed by atoms with E-state index in [-0.39, 0.29) is 24.5 Å². The summed E-state index contributed by atoms with van der Waals surface area (Å²) in [6.45, 7) is 4.28. The number of aryl methyl sites for hydroxylation is 1. The fourth-order valence-electron chi connectivity index (χ4n) is 3.60. The number of fused-ring (bicyclic) bond motifs is 2. The Labute approximate surface area is 169 Å². The lowest BCUT2D eigenvalue weighted by Gasteiger charge is -2.18. The van der Waals surface area contributed by atoms with Gasteiger partial charge in [0, 0.05) is 30.2 Å². The fraction of sp³-hybridized carbons (Fsp3) is 0.364. The van der Waals surface area contributed by atoms with Crippen LogP contribution in [-0.4, -0.2) is 31.1 Å². The minimum Gasteiger partial charge on any atom is -0.492 e. The lowest BCUT2D eigenvalue weighted by molar-refractivity contribution is -0.118. The molecular weight excluding hydrogens is 372 g/mol. The first-order chi connectivity index (χ1) is 14.0. The molecule has 2 aliphatic rings. The van der Waals surface area contributed by atoms with Crippen molar-refractivity contribution in [3.8, 4) is 17.2 Å². The number of carbonyl (C=O) groups is 2. The van der Waals surface area contributed by atoms with E-state index in [4.69, 9.17) is 14.2 Å². The molecule has 2 aliphatic heterocycles. The molecule has 1 unspecified atom stereocenters. The van der Waals surface area contributed by atoms with E-state index in [1.54, 1.807) is 12.1 Å². The Morgan fingerprint density at radius 3 is 2.90 bits per heavy atom. The maximum atomic E-state index is 12.4. The monoisotopic (exact) mass is 396 g/mol. The fourth-order valence-corrected chi connectivity index (χ4v) is 3.60. The van der Waals surface area contributed by atoms with Crippen LogP contribution in [0.5, 0.6) is 17.2 Å². The van der Waals surface area contributed by atoms with E-state index in [9.17, 15) is 9.59 Å². The number of carbonyl (C=O) groups excluding carboxylic acids is 2. The van der Waals surface area contributed by atoms with Gasteiger partial charge in [-0.2, -0.15) is 0 Å². The number of hydrogen-bond acceptors (Lipinski definition) is 5. The number of amides is 2. The predicted molar refractivity (Wildman–Crippen MR) is 109 cm³/mol. The molecule has 2 amide bonds. The summed E-state index contributed by atoms with van der Waals surface area (Å²) in [6.07, 6.45) is 2.06. The van der Waals surface area contributed by atoms with Gasteiger partial charge in [0.05, 0.1) is 12.3 Å². The van der Waals surface area contributed by atoms with Crippen LogP contribution in [-0.2, 0) is 22.4 Å². The van der Waals surface area contributed by atoms with Crippen LogP contribution in [0, 0.1) is 0 Å². The van der Waals surface area contributed by atoms with E-state index in [2.05, 4.69) is 10.6 Å². The lowest BCUT2D eigenvalue weighted by atomic mass is 10.0. The Hall–Kier alpha value is -3.22. The number of benzene rings is 2. The zero-order valence-corrected chi connectivity index (χ0v) is 16.5. The Balaban J connectivity index is 1.41. The topological polar surface area (TPSA) is 85.9 Å². The summed E-state index contributed by atoms with van der Waals surface area (Å²) < 4.78 is 17.1. The van der Waals surface area contributed by atoms with Gasteiger partial charge in [-0.25, -0.2) is 0 Å². The summed E-state index contributed by atoms with van der Waals surface area (Å²) in [5.74, 6) is 1.72. The maximum absolute atomic E-state index is 12.4. The third kappa shape index (κ3) is 4.29. The second-order valence-electron chi connectivity index (χ2n) is 7.23. The largest absolute Gasteiger partial charge is 0.492 e. The van der Waals surface area contributed by atoms with Crippen LogP contribution in [0.3, 0.4) is 0 Å². The molecular formula is C22H24N2O5. The Morgan fingerprint density at radius 1 is 1.21 bits per heavy atom. The van der Waals surface area contributed by atoms with Crippen LogP contribution in [0.25, 0.3) is 0 Å². The highest BCUT2D eigenvalue weighted by Gasteiger charge is 2.23. The van der Waals surface area contributed by atoms with Crippen molar-refractivity contribution in [1.29, 1.82) is 0 Å². The molecule has 0 saturated heterocycles. The van der Waals surface area contributed by atoms with Crippen LogP contribution in [0.4, 0.5) is 11.4 Å². The molecule has 0 aromatic heterocycles. The highest BCUT2D eigenvalue weighted by atomic mass is 16.5. The second-order valence-corrected chi connectivity index (χ2v) is 7.23. The molecule has 0 saturated carbocycles. The van der Waals surface area contributed by atoms with Crippen molar-refractivity contribution in [2.24, 2.45) is 0 Å². The molecule has 1 atom stereocenters. The average molecular weight is 396 g/mol. The van der Waals surface area contributed by atoms with E-state index < -0.39 is 0 Å². The van der Waals surface area contributed by atoms with Gasteiger partial charge >= 0.3 is 0 Å². The van der Waals surface area contributed by atoms with Gasteiger partial charge in [-0.15, -0.1) is 0 Å². The van der Waals surface area contributed by atoms with Gasteiger partial charge in [-0.3, -0.25) is 9.59 Å². The van der Waals surface area contributed by atoms with Crippen LogP contribution < -0.4 is 24.8 Å². The van der Waals surface area contributed by atoms with Gasteiger partial charge < -0.3 is 24.8 Å². The first-order valence-electron chi connectivity index (χ1n) is 9.83. The Morgan fingerprint density at radius 2 is 2.07 bits per heavy atom. The minimum absolute atomic E-state index is 0.0170. The van der Waals surface area contributed by atoms with Crippen molar-refractivity contribution in [2.75, 3.05) is 23.8 Å². The third-order valence-electron chi connectivity index (χ3n) is 4.91. The zero-order chi connectivity index (χ0) is 20.4. The van der Waals surface area contributed by atoms with E-state index in [0.29, 0.717) is 36.6 Å². The van der Waals surface area contributed by atoms with Crippen molar-refractivity contribution in [3.05, 3.63) is 41.5 Å². The standard InChI is InChI=1S/C22H24N2O5/c1-3-27-20-10-15-8-13(2)29-19(15)11-18(20)24-22(26)12-28-16-5-6-17-14(9-16)4-7-21(25)23-17/h5-6,9-11,13H,3-4,7-8,12H2,1-2H3,(H,23,25)(H,24,26). The highest BCUT2D eigenvalue weighted by Crippen LogP contribution is 2.38. The van der Waals surface area contributed by atoms with Gasteiger partial charge in [-0.05, 0) is 50.1 Å². The van der Waals surface area contributed by atoms with Crippen LogP contribution in [0.1, 0.15) is 31.4 Å². The summed E-state index contributed by atoms with van der Waals surface area (Å²) in [5.41, 5.74) is 3.45.